The molecule has 0 unspecified atom stereocenters. The summed E-state index contributed by atoms with van der Waals surface area (Å²) in [5, 5.41) is 5.35. The summed E-state index contributed by atoms with van der Waals surface area (Å²) in [6.45, 7) is 0.220. The van der Waals surface area contributed by atoms with Gasteiger partial charge in [0.2, 0.25) is 0 Å². The van der Waals surface area contributed by atoms with Gasteiger partial charge in [0.25, 0.3) is 10.0 Å². The molecule has 10 heteroatoms. The SMILES string of the molecule is COc1ccc(OC)c(CNC(=O)Nc2ccc(S(=O)(=O)N(C)OC)cc2)c1. The number of urea groups is 1. The lowest BCUT2D eigenvalue weighted by molar-refractivity contribution is -0.0258. The number of ether oxygens (including phenoxy) is 2. The Morgan fingerprint density at radius 1 is 1.04 bits per heavy atom. The van der Waals surface area contributed by atoms with E-state index < -0.39 is 16.1 Å². The molecule has 0 atom stereocenters. The average molecular weight is 409 g/mol. The number of benzene rings is 2. The smallest absolute Gasteiger partial charge is 0.319 e. The maximum Gasteiger partial charge on any atom is 0.319 e. The monoisotopic (exact) mass is 409 g/mol. The molecule has 0 aliphatic carbocycles. The predicted octanol–water partition coefficient (Wildman–Crippen LogP) is 2.21. The van der Waals surface area contributed by atoms with Crippen LogP contribution in [0.25, 0.3) is 0 Å². The fourth-order valence-corrected chi connectivity index (χ4v) is 3.30. The summed E-state index contributed by atoms with van der Waals surface area (Å²) >= 11 is 0. The maximum absolute atomic E-state index is 12.1. The van der Waals surface area contributed by atoms with Gasteiger partial charge >= 0.3 is 6.03 Å². The largest absolute Gasteiger partial charge is 0.497 e. The normalized spacial score (nSPS) is 11.2. The van der Waals surface area contributed by atoms with Crippen LogP contribution >= 0.6 is 0 Å². The first-order valence-electron chi connectivity index (χ1n) is 8.20. The molecule has 0 bridgehead atoms. The molecular weight excluding hydrogens is 386 g/mol. The van der Waals surface area contributed by atoms with Gasteiger partial charge in [0.05, 0.1) is 26.2 Å². The Bertz CT molecular complexity index is 915. The molecule has 0 saturated carbocycles. The molecule has 9 nitrogen and oxygen atoms in total. The number of methoxy groups -OCH3 is 2. The van der Waals surface area contributed by atoms with Gasteiger partial charge in [0.1, 0.15) is 11.5 Å². The van der Waals surface area contributed by atoms with Crippen molar-refractivity contribution in [1.82, 2.24) is 9.79 Å². The minimum absolute atomic E-state index is 0.0453. The maximum atomic E-state index is 12.1. The molecule has 0 radical (unpaired) electrons. The van der Waals surface area contributed by atoms with Gasteiger partial charge in [-0.2, -0.15) is 0 Å². The summed E-state index contributed by atoms with van der Waals surface area (Å²) in [6.07, 6.45) is 0. The third-order valence-electron chi connectivity index (χ3n) is 3.93. The number of hydrogen-bond acceptors (Lipinski definition) is 6. The van der Waals surface area contributed by atoms with Gasteiger partial charge in [-0.1, -0.05) is 4.47 Å². The third-order valence-corrected chi connectivity index (χ3v) is 5.63. The Morgan fingerprint density at radius 2 is 1.71 bits per heavy atom. The van der Waals surface area contributed by atoms with Crippen LogP contribution in [0.1, 0.15) is 5.56 Å². The van der Waals surface area contributed by atoms with E-state index in [9.17, 15) is 13.2 Å². The molecule has 2 amide bonds. The molecular formula is C18H23N3O6S. The number of carbonyl (C=O) groups is 1. The molecule has 2 N–H and O–H groups in total. The molecule has 0 saturated heterocycles. The van der Waals surface area contributed by atoms with E-state index in [0.717, 1.165) is 10.0 Å². The second-order valence-electron chi connectivity index (χ2n) is 5.61. The van der Waals surface area contributed by atoms with Gasteiger partial charge in [-0.15, -0.1) is 0 Å². The molecule has 0 spiro atoms. The van der Waals surface area contributed by atoms with Crippen molar-refractivity contribution in [1.29, 1.82) is 0 Å². The zero-order chi connectivity index (χ0) is 20.7. The van der Waals surface area contributed by atoms with Crippen molar-refractivity contribution in [3.63, 3.8) is 0 Å². The molecule has 28 heavy (non-hydrogen) atoms. The van der Waals surface area contributed by atoms with Crippen molar-refractivity contribution in [3.05, 3.63) is 48.0 Å². The fraction of sp³-hybridized carbons (Fsp3) is 0.278. The molecule has 2 aromatic carbocycles. The quantitative estimate of drug-likeness (QED) is 0.648. The van der Waals surface area contributed by atoms with Crippen LogP contribution in [-0.2, 0) is 21.4 Å². The number of sulfonamides is 1. The van der Waals surface area contributed by atoms with E-state index in [-0.39, 0.29) is 11.4 Å². The van der Waals surface area contributed by atoms with Crippen LogP contribution in [-0.4, -0.2) is 47.3 Å². The Balaban J connectivity index is 2.01. The lowest BCUT2D eigenvalue weighted by atomic mass is 10.2. The van der Waals surface area contributed by atoms with E-state index in [0.29, 0.717) is 17.2 Å². The molecule has 0 aliphatic heterocycles. The highest BCUT2D eigenvalue weighted by molar-refractivity contribution is 7.89. The minimum atomic E-state index is -3.74. The number of nitrogens with one attached hydrogen (secondary N) is 2. The number of hydrogen-bond donors (Lipinski definition) is 2. The molecule has 2 aromatic rings. The van der Waals surface area contributed by atoms with E-state index in [1.807, 2.05) is 0 Å². The number of rotatable bonds is 8. The summed E-state index contributed by atoms with van der Waals surface area (Å²) in [5.41, 5.74) is 1.19. The second-order valence-corrected chi connectivity index (χ2v) is 7.54. The van der Waals surface area contributed by atoms with Gasteiger partial charge in [0, 0.05) is 24.8 Å². The van der Waals surface area contributed by atoms with E-state index in [1.165, 1.54) is 38.4 Å². The van der Waals surface area contributed by atoms with Crippen molar-refractivity contribution in [2.75, 3.05) is 33.7 Å². The summed E-state index contributed by atoms with van der Waals surface area (Å²) in [5.74, 6) is 1.27. The standard InChI is InChI=1S/C18H23N3O6S/c1-21(27-4)28(23,24)16-8-5-14(6-9-16)20-18(22)19-12-13-11-15(25-2)7-10-17(13)26-3/h5-11H,12H2,1-4H3,(H2,19,20,22). The Kier molecular flexibility index (Phi) is 7.21. The first-order chi connectivity index (χ1) is 13.3. The van der Waals surface area contributed by atoms with Gasteiger partial charge in [-0.3, -0.25) is 4.84 Å². The number of hydroxylamine groups is 1. The van der Waals surface area contributed by atoms with E-state index in [2.05, 4.69) is 10.6 Å². The van der Waals surface area contributed by atoms with Crippen molar-refractivity contribution < 1.29 is 27.5 Å². The van der Waals surface area contributed by atoms with Crippen molar-refractivity contribution >= 4 is 21.7 Å². The molecule has 0 aliphatic rings. The molecule has 152 valence electrons. The summed E-state index contributed by atoms with van der Waals surface area (Å²) in [6, 6.07) is 10.6. The summed E-state index contributed by atoms with van der Waals surface area (Å²) < 4.78 is 35.5. The van der Waals surface area contributed by atoms with Gasteiger partial charge in [-0.05, 0) is 42.5 Å². The Morgan fingerprint density at radius 3 is 2.29 bits per heavy atom. The highest BCUT2D eigenvalue weighted by Gasteiger charge is 2.20. The topological polar surface area (TPSA) is 106 Å². The number of carbonyl (C=O) groups excluding carboxylic acids is 1. The van der Waals surface area contributed by atoms with E-state index >= 15 is 0 Å². The summed E-state index contributed by atoms with van der Waals surface area (Å²) in [4.78, 5) is 16.9. The van der Waals surface area contributed by atoms with Gasteiger partial charge < -0.3 is 20.1 Å². The van der Waals surface area contributed by atoms with Crippen LogP contribution in [0.5, 0.6) is 11.5 Å². The van der Waals surface area contributed by atoms with Crippen LogP contribution in [0.2, 0.25) is 0 Å². The number of nitrogens with zero attached hydrogens (tertiary/aromatic N) is 1. The van der Waals surface area contributed by atoms with Crippen LogP contribution < -0.4 is 20.1 Å². The first kappa shape index (κ1) is 21.5. The van der Waals surface area contributed by atoms with E-state index in [4.69, 9.17) is 14.3 Å². The number of amides is 2. The average Bonchev–Trinajstić information content (AvgIpc) is 2.71. The summed E-state index contributed by atoms with van der Waals surface area (Å²) in [7, 11) is 1.91. The van der Waals surface area contributed by atoms with Crippen LogP contribution in [0.3, 0.4) is 0 Å². The molecule has 0 fully saturated rings. The van der Waals surface area contributed by atoms with Crippen molar-refractivity contribution in [3.8, 4) is 11.5 Å². The van der Waals surface area contributed by atoms with E-state index in [1.54, 1.807) is 32.4 Å². The lowest BCUT2D eigenvalue weighted by Gasteiger charge is -2.14. The van der Waals surface area contributed by atoms with Crippen LogP contribution in [0.15, 0.2) is 47.4 Å². The predicted molar refractivity (Wildman–Crippen MR) is 104 cm³/mol. The third kappa shape index (κ3) is 5.12. The second kappa shape index (κ2) is 9.40. The minimum Gasteiger partial charge on any atom is -0.497 e. The lowest BCUT2D eigenvalue weighted by Crippen LogP contribution is -2.28. The zero-order valence-electron chi connectivity index (χ0n) is 16.1. The molecule has 0 heterocycles. The highest BCUT2D eigenvalue weighted by Crippen LogP contribution is 2.24. The van der Waals surface area contributed by atoms with Gasteiger partial charge in [0.15, 0.2) is 0 Å². The highest BCUT2D eigenvalue weighted by atomic mass is 32.2. The van der Waals surface area contributed by atoms with Crippen LogP contribution in [0, 0.1) is 0 Å². The Labute approximate surface area is 164 Å². The van der Waals surface area contributed by atoms with Crippen molar-refractivity contribution in [2.24, 2.45) is 0 Å². The van der Waals surface area contributed by atoms with Crippen molar-refractivity contribution in [2.45, 2.75) is 11.4 Å². The van der Waals surface area contributed by atoms with Gasteiger partial charge in [-0.25, -0.2) is 13.2 Å². The zero-order valence-corrected chi connectivity index (χ0v) is 16.9. The van der Waals surface area contributed by atoms with Crippen LogP contribution in [0.4, 0.5) is 10.5 Å². The number of anilines is 1. The molecule has 0 aromatic heterocycles. The fourth-order valence-electron chi connectivity index (χ4n) is 2.33. The Hall–Kier alpha value is -2.82. The molecule has 2 rings (SSSR count). The first-order valence-corrected chi connectivity index (χ1v) is 9.64.